The molecule has 20 heavy (non-hydrogen) atoms. The zero-order valence-corrected chi connectivity index (χ0v) is 13.5. The molecule has 2 heteroatoms. The standard InChI is InChI=1S/C18H28FN/c1-17(2,3)12-18(4,5)20-16-10-14(11-16)13-7-6-8-15(19)9-13/h6-9,14,16,20H,10-12H2,1-5H3. The maximum absolute atomic E-state index is 13.2. The Morgan fingerprint density at radius 3 is 2.35 bits per heavy atom. The van der Waals surface area contributed by atoms with Gasteiger partial charge in [0.15, 0.2) is 0 Å². The van der Waals surface area contributed by atoms with E-state index in [9.17, 15) is 4.39 Å². The molecule has 0 bridgehead atoms. The van der Waals surface area contributed by atoms with E-state index in [0.717, 1.165) is 24.8 Å². The van der Waals surface area contributed by atoms with Gasteiger partial charge in [0, 0.05) is 11.6 Å². The van der Waals surface area contributed by atoms with E-state index in [2.05, 4.69) is 39.9 Å². The summed E-state index contributed by atoms with van der Waals surface area (Å²) in [4.78, 5) is 0. The van der Waals surface area contributed by atoms with Gasteiger partial charge in [0.05, 0.1) is 0 Å². The minimum absolute atomic E-state index is 0.119. The molecule has 2 rings (SSSR count). The van der Waals surface area contributed by atoms with E-state index in [0.29, 0.717) is 17.4 Å². The fraction of sp³-hybridized carbons (Fsp3) is 0.667. The molecule has 0 heterocycles. The van der Waals surface area contributed by atoms with Crippen molar-refractivity contribution < 1.29 is 4.39 Å². The highest BCUT2D eigenvalue weighted by Gasteiger charge is 2.35. The lowest BCUT2D eigenvalue weighted by Gasteiger charge is -2.43. The van der Waals surface area contributed by atoms with Crippen LogP contribution in [0.1, 0.15) is 65.4 Å². The van der Waals surface area contributed by atoms with Gasteiger partial charge < -0.3 is 5.32 Å². The number of rotatable bonds is 4. The Morgan fingerprint density at radius 1 is 1.15 bits per heavy atom. The summed E-state index contributed by atoms with van der Waals surface area (Å²) in [6.45, 7) is 11.4. The van der Waals surface area contributed by atoms with Gasteiger partial charge >= 0.3 is 0 Å². The SMILES string of the molecule is CC(C)(C)CC(C)(C)NC1CC(c2cccc(F)c2)C1. The van der Waals surface area contributed by atoms with Crippen LogP contribution in [0.5, 0.6) is 0 Å². The molecule has 0 aliphatic heterocycles. The van der Waals surface area contributed by atoms with Crippen molar-refractivity contribution in [3.05, 3.63) is 35.6 Å². The lowest BCUT2D eigenvalue weighted by Crippen LogP contribution is -2.52. The molecule has 1 aromatic rings. The third kappa shape index (κ3) is 4.31. The predicted octanol–water partition coefficient (Wildman–Crippen LogP) is 4.88. The zero-order chi connectivity index (χ0) is 15.0. The third-order valence-corrected chi connectivity index (χ3v) is 4.03. The zero-order valence-electron chi connectivity index (χ0n) is 13.5. The molecule has 0 amide bonds. The number of halogens is 1. The summed E-state index contributed by atoms with van der Waals surface area (Å²) in [7, 11) is 0. The molecule has 1 aromatic carbocycles. The van der Waals surface area contributed by atoms with Gasteiger partial charge in [-0.15, -0.1) is 0 Å². The molecule has 1 aliphatic rings. The first-order valence-corrected chi connectivity index (χ1v) is 7.68. The monoisotopic (exact) mass is 277 g/mol. The average Bonchev–Trinajstić information content (AvgIpc) is 2.19. The lowest BCUT2D eigenvalue weighted by atomic mass is 9.73. The van der Waals surface area contributed by atoms with Gasteiger partial charge in [-0.1, -0.05) is 32.9 Å². The minimum Gasteiger partial charge on any atom is -0.309 e. The summed E-state index contributed by atoms with van der Waals surface area (Å²) in [5, 5.41) is 3.77. The summed E-state index contributed by atoms with van der Waals surface area (Å²) >= 11 is 0. The van der Waals surface area contributed by atoms with Crippen molar-refractivity contribution in [2.75, 3.05) is 0 Å². The van der Waals surface area contributed by atoms with Crippen LogP contribution >= 0.6 is 0 Å². The van der Waals surface area contributed by atoms with Crippen molar-refractivity contribution in [2.45, 2.75) is 71.4 Å². The Bertz CT molecular complexity index is 453. The Hall–Kier alpha value is -0.890. The maximum atomic E-state index is 13.2. The van der Waals surface area contributed by atoms with E-state index in [1.54, 1.807) is 6.07 Å². The third-order valence-electron chi connectivity index (χ3n) is 4.03. The van der Waals surface area contributed by atoms with Crippen LogP contribution in [0.4, 0.5) is 4.39 Å². The molecule has 0 unspecified atom stereocenters. The first kappa shape index (κ1) is 15.5. The van der Waals surface area contributed by atoms with Crippen LogP contribution in [0.25, 0.3) is 0 Å². The molecule has 0 atom stereocenters. The predicted molar refractivity (Wildman–Crippen MR) is 83.4 cm³/mol. The van der Waals surface area contributed by atoms with Crippen LogP contribution in [0, 0.1) is 11.2 Å². The number of benzene rings is 1. The first-order valence-electron chi connectivity index (χ1n) is 7.68. The first-order chi connectivity index (χ1) is 9.15. The summed E-state index contributed by atoms with van der Waals surface area (Å²) in [5.74, 6) is 0.403. The molecule has 1 saturated carbocycles. The second kappa shape index (κ2) is 5.48. The molecule has 0 spiro atoms. The van der Waals surface area contributed by atoms with Crippen molar-refractivity contribution in [1.82, 2.24) is 5.32 Å². The lowest BCUT2D eigenvalue weighted by molar-refractivity contribution is 0.176. The normalized spacial score (nSPS) is 23.5. The Labute approximate surface area is 123 Å². The molecular formula is C18H28FN. The van der Waals surface area contributed by atoms with E-state index in [1.165, 1.54) is 6.07 Å². The molecule has 1 aliphatic carbocycles. The molecule has 112 valence electrons. The Balaban J connectivity index is 1.85. The van der Waals surface area contributed by atoms with Gasteiger partial charge in [0.25, 0.3) is 0 Å². The molecule has 1 nitrogen and oxygen atoms in total. The van der Waals surface area contributed by atoms with E-state index < -0.39 is 0 Å². The van der Waals surface area contributed by atoms with Crippen LogP contribution in [0.15, 0.2) is 24.3 Å². The fourth-order valence-electron chi connectivity index (χ4n) is 3.70. The Kier molecular flexibility index (Phi) is 4.24. The van der Waals surface area contributed by atoms with Gasteiger partial charge in [-0.3, -0.25) is 0 Å². The summed E-state index contributed by atoms with van der Waals surface area (Å²) in [6, 6.07) is 7.63. The van der Waals surface area contributed by atoms with Crippen LogP contribution in [0.2, 0.25) is 0 Å². The van der Waals surface area contributed by atoms with Crippen molar-refractivity contribution in [3.8, 4) is 0 Å². The van der Waals surface area contributed by atoms with E-state index in [1.807, 2.05) is 12.1 Å². The summed E-state index contributed by atoms with van der Waals surface area (Å²) < 4.78 is 13.2. The Morgan fingerprint density at radius 2 is 1.80 bits per heavy atom. The minimum atomic E-state index is -0.119. The van der Waals surface area contributed by atoms with Crippen molar-refractivity contribution in [2.24, 2.45) is 5.41 Å². The largest absolute Gasteiger partial charge is 0.309 e. The fourth-order valence-corrected chi connectivity index (χ4v) is 3.70. The topological polar surface area (TPSA) is 12.0 Å². The number of hydrogen-bond acceptors (Lipinski definition) is 1. The highest BCUT2D eigenvalue weighted by Crippen LogP contribution is 2.39. The van der Waals surface area contributed by atoms with Crippen LogP contribution in [0.3, 0.4) is 0 Å². The van der Waals surface area contributed by atoms with Crippen LogP contribution in [-0.4, -0.2) is 11.6 Å². The van der Waals surface area contributed by atoms with Gasteiger partial charge in [0.2, 0.25) is 0 Å². The van der Waals surface area contributed by atoms with Crippen molar-refractivity contribution >= 4 is 0 Å². The van der Waals surface area contributed by atoms with Gasteiger partial charge in [-0.2, -0.15) is 0 Å². The number of hydrogen-bond donors (Lipinski definition) is 1. The molecule has 0 aromatic heterocycles. The van der Waals surface area contributed by atoms with E-state index >= 15 is 0 Å². The summed E-state index contributed by atoms with van der Waals surface area (Å²) in [5.41, 5.74) is 1.65. The van der Waals surface area contributed by atoms with Crippen LogP contribution < -0.4 is 5.32 Å². The molecular weight excluding hydrogens is 249 g/mol. The quantitative estimate of drug-likeness (QED) is 0.827. The number of nitrogens with one attached hydrogen (secondary N) is 1. The highest BCUT2D eigenvalue weighted by molar-refractivity contribution is 5.24. The summed E-state index contributed by atoms with van der Waals surface area (Å²) in [6.07, 6.45) is 3.40. The molecule has 0 radical (unpaired) electrons. The van der Waals surface area contributed by atoms with Gasteiger partial charge in [-0.05, 0) is 62.1 Å². The van der Waals surface area contributed by atoms with Crippen molar-refractivity contribution in [1.29, 1.82) is 0 Å². The molecule has 1 fully saturated rings. The van der Waals surface area contributed by atoms with Gasteiger partial charge in [-0.25, -0.2) is 4.39 Å². The van der Waals surface area contributed by atoms with Crippen LogP contribution in [-0.2, 0) is 0 Å². The second-order valence-corrected chi connectivity index (χ2v) is 8.19. The average molecular weight is 277 g/mol. The maximum Gasteiger partial charge on any atom is 0.123 e. The van der Waals surface area contributed by atoms with E-state index in [4.69, 9.17) is 0 Å². The van der Waals surface area contributed by atoms with Gasteiger partial charge in [0.1, 0.15) is 5.82 Å². The smallest absolute Gasteiger partial charge is 0.123 e. The van der Waals surface area contributed by atoms with E-state index in [-0.39, 0.29) is 11.4 Å². The molecule has 1 N–H and O–H groups in total. The molecule has 0 saturated heterocycles. The van der Waals surface area contributed by atoms with Crippen molar-refractivity contribution in [3.63, 3.8) is 0 Å². The highest BCUT2D eigenvalue weighted by atomic mass is 19.1. The second-order valence-electron chi connectivity index (χ2n) is 8.19.